The Morgan fingerprint density at radius 2 is 1.64 bits per heavy atom. The van der Waals surface area contributed by atoms with Crippen molar-refractivity contribution < 1.29 is 24.2 Å². The zero-order chi connectivity index (χ0) is 23.6. The number of hydrogen-bond acceptors (Lipinski definition) is 4. The average Bonchev–Trinajstić information content (AvgIpc) is 3.61. The second kappa shape index (κ2) is 9.25. The lowest BCUT2D eigenvalue weighted by molar-refractivity contribution is -0.144. The molecule has 7 nitrogen and oxygen atoms in total. The lowest BCUT2D eigenvalue weighted by Gasteiger charge is -2.29. The highest BCUT2D eigenvalue weighted by molar-refractivity contribution is 5.88. The monoisotopic (exact) mass is 450 g/mol. The molecule has 2 aromatic carbocycles. The van der Waals surface area contributed by atoms with Crippen molar-refractivity contribution in [1.82, 2.24) is 10.6 Å². The molecule has 3 N–H and O–H groups in total. The number of rotatable bonds is 9. The van der Waals surface area contributed by atoms with Gasteiger partial charge in [0.05, 0.1) is 5.41 Å². The average molecular weight is 451 g/mol. The lowest BCUT2D eigenvalue weighted by Crippen LogP contribution is -2.52. The van der Waals surface area contributed by atoms with Crippen LogP contribution in [0.5, 0.6) is 0 Å². The Hall–Kier alpha value is -3.35. The molecule has 0 aliphatic heterocycles. The van der Waals surface area contributed by atoms with Gasteiger partial charge in [-0.2, -0.15) is 0 Å². The number of amides is 2. The van der Waals surface area contributed by atoms with Crippen LogP contribution in [0.3, 0.4) is 0 Å². The minimum absolute atomic E-state index is 0.0114. The van der Waals surface area contributed by atoms with Crippen LogP contribution >= 0.6 is 0 Å². The minimum Gasteiger partial charge on any atom is -0.480 e. The van der Waals surface area contributed by atoms with Gasteiger partial charge in [-0.3, -0.25) is 4.79 Å². The van der Waals surface area contributed by atoms with Crippen LogP contribution < -0.4 is 10.6 Å². The molecule has 7 heteroatoms. The molecule has 0 spiro atoms. The number of carboxylic acid groups (broad SMARTS) is 1. The first-order valence-electron chi connectivity index (χ1n) is 11.5. The maximum atomic E-state index is 12.8. The van der Waals surface area contributed by atoms with E-state index in [9.17, 15) is 19.5 Å². The number of ether oxygens (including phenoxy) is 1. The zero-order valence-corrected chi connectivity index (χ0v) is 19.0. The predicted molar refractivity (Wildman–Crippen MR) is 124 cm³/mol. The molecule has 1 saturated carbocycles. The van der Waals surface area contributed by atoms with Crippen molar-refractivity contribution in [2.24, 2.45) is 11.3 Å². The largest absolute Gasteiger partial charge is 0.480 e. The van der Waals surface area contributed by atoms with Gasteiger partial charge in [-0.15, -0.1) is 0 Å². The van der Waals surface area contributed by atoms with E-state index in [0.717, 1.165) is 35.1 Å². The number of carbonyl (C=O) groups excluding carboxylic acids is 2. The van der Waals surface area contributed by atoms with E-state index in [4.69, 9.17) is 4.74 Å². The maximum absolute atomic E-state index is 12.8. The highest BCUT2D eigenvalue weighted by Gasteiger charge is 2.41. The fourth-order valence-electron chi connectivity index (χ4n) is 4.41. The first-order valence-corrected chi connectivity index (χ1v) is 11.5. The SMILES string of the molecule is CCC(C)(CNC(=O)OCC1c2ccccc2-c2ccccc21)C(=O)NC(C(=O)O)C1CC1. The van der Waals surface area contributed by atoms with Gasteiger partial charge >= 0.3 is 12.1 Å². The minimum atomic E-state index is -1.02. The summed E-state index contributed by atoms with van der Waals surface area (Å²) in [4.78, 5) is 36.8. The van der Waals surface area contributed by atoms with Gasteiger partial charge in [0.25, 0.3) is 0 Å². The molecule has 0 bridgehead atoms. The molecule has 1 fully saturated rings. The molecule has 2 atom stereocenters. The number of alkyl carbamates (subject to hydrolysis) is 1. The number of hydrogen-bond donors (Lipinski definition) is 3. The molecule has 0 aromatic heterocycles. The Bertz CT molecular complexity index is 1020. The third-order valence-electron chi connectivity index (χ3n) is 6.94. The molecule has 2 aromatic rings. The van der Waals surface area contributed by atoms with Gasteiger partial charge in [-0.1, -0.05) is 55.5 Å². The fraction of sp³-hybridized carbons (Fsp3) is 0.423. The van der Waals surface area contributed by atoms with Crippen molar-refractivity contribution in [2.75, 3.05) is 13.2 Å². The second-order valence-corrected chi connectivity index (χ2v) is 9.22. The lowest BCUT2D eigenvalue weighted by atomic mass is 9.86. The maximum Gasteiger partial charge on any atom is 0.407 e. The third-order valence-corrected chi connectivity index (χ3v) is 6.94. The van der Waals surface area contributed by atoms with Gasteiger partial charge < -0.3 is 20.5 Å². The summed E-state index contributed by atoms with van der Waals surface area (Å²) in [6.07, 6.45) is 1.46. The van der Waals surface area contributed by atoms with Gasteiger partial charge in [-0.25, -0.2) is 9.59 Å². The summed E-state index contributed by atoms with van der Waals surface area (Å²) in [7, 11) is 0. The van der Waals surface area contributed by atoms with Crippen molar-refractivity contribution in [1.29, 1.82) is 0 Å². The van der Waals surface area contributed by atoms with Crippen LogP contribution in [0.1, 0.15) is 50.2 Å². The second-order valence-electron chi connectivity index (χ2n) is 9.22. The van der Waals surface area contributed by atoms with E-state index in [1.807, 2.05) is 31.2 Å². The van der Waals surface area contributed by atoms with E-state index in [1.54, 1.807) is 6.92 Å². The molecular weight excluding hydrogens is 420 g/mol. The van der Waals surface area contributed by atoms with Gasteiger partial charge in [0, 0.05) is 12.5 Å². The number of aliphatic carboxylic acids is 1. The van der Waals surface area contributed by atoms with Crippen molar-refractivity contribution >= 4 is 18.0 Å². The Kier molecular flexibility index (Phi) is 6.40. The van der Waals surface area contributed by atoms with E-state index < -0.39 is 23.5 Å². The predicted octanol–water partition coefficient (Wildman–Crippen LogP) is 3.92. The van der Waals surface area contributed by atoms with Crippen molar-refractivity contribution in [2.45, 2.75) is 45.1 Å². The van der Waals surface area contributed by atoms with Gasteiger partial charge in [-0.05, 0) is 54.4 Å². The quantitative estimate of drug-likeness (QED) is 0.537. The third kappa shape index (κ3) is 4.72. The molecule has 2 unspecified atom stereocenters. The Labute approximate surface area is 193 Å². The van der Waals surface area contributed by atoms with Crippen LogP contribution in [0, 0.1) is 11.3 Å². The Morgan fingerprint density at radius 3 is 2.15 bits per heavy atom. The van der Waals surface area contributed by atoms with E-state index in [0.29, 0.717) is 6.42 Å². The molecule has 2 amide bonds. The smallest absolute Gasteiger partial charge is 0.407 e. The Morgan fingerprint density at radius 1 is 1.06 bits per heavy atom. The van der Waals surface area contributed by atoms with E-state index in [2.05, 4.69) is 34.9 Å². The summed E-state index contributed by atoms with van der Waals surface area (Å²) in [6.45, 7) is 3.81. The first-order chi connectivity index (χ1) is 15.8. The van der Waals surface area contributed by atoms with E-state index in [-0.39, 0.29) is 30.9 Å². The van der Waals surface area contributed by atoms with Crippen molar-refractivity contribution in [3.8, 4) is 11.1 Å². The van der Waals surface area contributed by atoms with Crippen LogP contribution in [-0.2, 0) is 14.3 Å². The Balaban J connectivity index is 1.35. The van der Waals surface area contributed by atoms with Gasteiger partial charge in [0.15, 0.2) is 0 Å². The van der Waals surface area contributed by atoms with Crippen molar-refractivity contribution in [3.63, 3.8) is 0 Å². The molecule has 4 rings (SSSR count). The van der Waals surface area contributed by atoms with E-state index >= 15 is 0 Å². The molecule has 2 aliphatic rings. The molecule has 33 heavy (non-hydrogen) atoms. The first kappa shape index (κ1) is 22.8. The van der Waals surface area contributed by atoms with Crippen LogP contribution in [0.4, 0.5) is 4.79 Å². The molecule has 2 aliphatic carbocycles. The number of carbonyl (C=O) groups is 3. The van der Waals surface area contributed by atoms with Crippen LogP contribution in [-0.4, -0.2) is 42.3 Å². The summed E-state index contributed by atoms with van der Waals surface area (Å²) in [5.41, 5.74) is 3.63. The standard InChI is InChI=1S/C26H30N2O5/c1-3-26(2,24(31)28-22(23(29)30)16-12-13-16)15-27-25(32)33-14-21-19-10-6-4-8-17(19)18-9-5-7-11-20(18)21/h4-11,16,21-22H,3,12-15H2,1-2H3,(H,27,32)(H,28,31)(H,29,30). The summed E-state index contributed by atoms with van der Waals surface area (Å²) in [5.74, 6) is -1.45. The number of nitrogens with one attached hydrogen (secondary N) is 2. The van der Waals surface area contributed by atoms with Crippen LogP contribution in [0.15, 0.2) is 48.5 Å². The summed E-state index contributed by atoms with van der Waals surface area (Å²) < 4.78 is 5.55. The summed E-state index contributed by atoms with van der Waals surface area (Å²) in [6, 6.07) is 15.3. The number of carboxylic acids is 1. The topological polar surface area (TPSA) is 105 Å². The fourth-order valence-corrected chi connectivity index (χ4v) is 4.41. The van der Waals surface area contributed by atoms with Crippen LogP contribution in [0.25, 0.3) is 11.1 Å². The highest BCUT2D eigenvalue weighted by atomic mass is 16.5. The highest BCUT2D eigenvalue weighted by Crippen LogP contribution is 2.44. The molecule has 174 valence electrons. The summed E-state index contributed by atoms with van der Waals surface area (Å²) >= 11 is 0. The zero-order valence-electron chi connectivity index (χ0n) is 19.0. The normalized spacial score (nSPS) is 17.3. The molecular formula is C26H30N2O5. The molecule has 0 radical (unpaired) electrons. The van der Waals surface area contributed by atoms with E-state index in [1.165, 1.54) is 0 Å². The molecule has 0 saturated heterocycles. The van der Waals surface area contributed by atoms with Gasteiger partial charge in [0.1, 0.15) is 12.6 Å². The number of fused-ring (bicyclic) bond motifs is 3. The summed E-state index contributed by atoms with van der Waals surface area (Å²) in [5, 5.41) is 14.8. The number of benzene rings is 2. The van der Waals surface area contributed by atoms with Gasteiger partial charge in [0.2, 0.25) is 5.91 Å². The van der Waals surface area contributed by atoms with Crippen molar-refractivity contribution in [3.05, 3.63) is 59.7 Å². The molecule has 0 heterocycles. The van der Waals surface area contributed by atoms with Crippen LogP contribution in [0.2, 0.25) is 0 Å².